The van der Waals surface area contributed by atoms with Crippen molar-refractivity contribution in [3.63, 3.8) is 0 Å². The molecular formula is C19H18FN3O4. The molecule has 1 aromatic carbocycles. The van der Waals surface area contributed by atoms with Crippen molar-refractivity contribution in [1.82, 2.24) is 15.5 Å². The number of halogens is 1. The van der Waals surface area contributed by atoms with Gasteiger partial charge in [0, 0.05) is 6.07 Å². The Morgan fingerprint density at radius 3 is 2.67 bits per heavy atom. The summed E-state index contributed by atoms with van der Waals surface area (Å²) in [4.78, 5) is 12.0. The van der Waals surface area contributed by atoms with Crippen molar-refractivity contribution in [3.05, 3.63) is 60.6 Å². The quantitative estimate of drug-likeness (QED) is 0.613. The summed E-state index contributed by atoms with van der Waals surface area (Å²) in [5.74, 6) is 0.716. The van der Waals surface area contributed by atoms with E-state index in [1.165, 1.54) is 24.3 Å². The standard InChI is InChI=1S/C19H18FN3O4/c1-13(27-15-6-4-14(20)5-7-15)19(24)21-10-12-26-18-9-8-16(22-23-18)17-3-2-11-25-17/h2-9,11,13H,10,12H2,1H3,(H,21,24). The fraction of sp³-hybridized carbons (Fsp3) is 0.211. The van der Waals surface area contributed by atoms with Gasteiger partial charge in [-0.25, -0.2) is 4.39 Å². The van der Waals surface area contributed by atoms with Gasteiger partial charge in [0.1, 0.15) is 23.9 Å². The molecule has 0 aliphatic carbocycles. The number of aromatic nitrogens is 2. The lowest BCUT2D eigenvalue weighted by Crippen LogP contribution is -2.38. The van der Waals surface area contributed by atoms with Gasteiger partial charge < -0.3 is 19.2 Å². The van der Waals surface area contributed by atoms with E-state index in [2.05, 4.69) is 15.5 Å². The van der Waals surface area contributed by atoms with Crippen molar-refractivity contribution >= 4 is 5.91 Å². The van der Waals surface area contributed by atoms with Crippen molar-refractivity contribution in [2.75, 3.05) is 13.2 Å². The van der Waals surface area contributed by atoms with E-state index in [1.807, 2.05) is 0 Å². The molecule has 8 heteroatoms. The molecular weight excluding hydrogens is 353 g/mol. The highest BCUT2D eigenvalue weighted by atomic mass is 19.1. The molecule has 140 valence electrons. The zero-order valence-electron chi connectivity index (χ0n) is 14.6. The summed E-state index contributed by atoms with van der Waals surface area (Å²) in [6, 6.07) is 12.4. The second-order valence-electron chi connectivity index (χ2n) is 5.59. The first kappa shape index (κ1) is 18.4. The highest BCUT2D eigenvalue weighted by molar-refractivity contribution is 5.80. The molecule has 1 amide bonds. The minimum atomic E-state index is -0.720. The van der Waals surface area contributed by atoms with Crippen molar-refractivity contribution in [2.45, 2.75) is 13.0 Å². The average Bonchev–Trinajstić information content (AvgIpc) is 3.22. The Kier molecular flexibility index (Phi) is 5.98. The number of carbonyl (C=O) groups is 1. The maximum atomic E-state index is 12.9. The molecule has 0 aliphatic rings. The van der Waals surface area contributed by atoms with Gasteiger partial charge >= 0.3 is 0 Å². The van der Waals surface area contributed by atoms with Crippen molar-refractivity contribution < 1.29 is 23.1 Å². The third kappa shape index (κ3) is 5.27. The Hall–Kier alpha value is -3.42. The number of benzene rings is 1. The van der Waals surface area contributed by atoms with Gasteiger partial charge in [-0.15, -0.1) is 10.2 Å². The van der Waals surface area contributed by atoms with Crippen molar-refractivity contribution in [3.8, 4) is 23.1 Å². The van der Waals surface area contributed by atoms with E-state index in [1.54, 1.807) is 37.5 Å². The molecule has 27 heavy (non-hydrogen) atoms. The third-order valence-electron chi connectivity index (χ3n) is 3.56. The summed E-state index contributed by atoms with van der Waals surface area (Å²) in [5.41, 5.74) is 0.604. The van der Waals surface area contributed by atoms with E-state index >= 15 is 0 Å². The van der Waals surface area contributed by atoms with E-state index in [0.29, 0.717) is 23.1 Å². The van der Waals surface area contributed by atoms with Crippen LogP contribution < -0.4 is 14.8 Å². The minimum absolute atomic E-state index is 0.226. The van der Waals surface area contributed by atoms with Crippen LogP contribution >= 0.6 is 0 Å². The fourth-order valence-electron chi connectivity index (χ4n) is 2.20. The van der Waals surface area contributed by atoms with E-state index < -0.39 is 6.10 Å². The van der Waals surface area contributed by atoms with E-state index in [-0.39, 0.29) is 24.9 Å². The molecule has 0 fully saturated rings. The zero-order chi connectivity index (χ0) is 19.1. The molecule has 0 radical (unpaired) electrons. The third-order valence-corrected chi connectivity index (χ3v) is 3.56. The molecule has 0 aliphatic heterocycles. The molecule has 1 unspecified atom stereocenters. The molecule has 3 aromatic rings. The minimum Gasteiger partial charge on any atom is -0.481 e. The second-order valence-corrected chi connectivity index (χ2v) is 5.59. The van der Waals surface area contributed by atoms with E-state index in [9.17, 15) is 9.18 Å². The summed E-state index contributed by atoms with van der Waals surface area (Å²) < 4.78 is 29.0. The number of rotatable bonds is 8. The molecule has 2 aromatic heterocycles. The van der Waals surface area contributed by atoms with Crippen LogP contribution in [0.5, 0.6) is 11.6 Å². The Balaban J connectivity index is 1.39. The van der Waals surface area contributed by atoms with Gasteiger partial charge in [0.2, 0.25) is 5.88 Å². The molecule has 3 rings (SSSR count). The molecule has 0 saturated heterocycles. The molecule has 2 heterocycles. The first-order valence-electron chi connectivity index (χ1n) is 8.32. The van der Waals surface area contributed by atoms with Crippen LogP contribution in [-0.4, -0.2) is 35.4 Å². The number of amides is 1. The SMILES string of the molecule is CC(Oc1ccc(F)cc1)C(=O)NCCOc1ccc(-c2ccco2)nn1. The van der Waals surface area contributed by atoms with Crippen LogP contribution in [0.4, 0.5) is 4.39 Å². The largest absolute Gasteiger partial charge is 0.481 e. The van der Waals surface area contributed by atoms with Gasteiger partial charge in [-0.3, -0.25) is 4.79 Å². The van der Waals surface area contributed by atoms with Crippen LogP contribution in [0.15, 0.2) is 59.2 Å². The van der Waals surface area contributed by atoms with Gasteiger partial charge in [-0.1, -0.05) is 0 Å². The highest BCUT2D eigenvalue weighted by Gasteiger charge is 2.14. The molecule has 1 atom stereocenters. The van der Waals surface area contributed by atoms with Crippen LogP contribution in [0.2, 0.25) is 0 Å². The van der Waals surface area contributed by atoms with E-state index in [4.69, 9.17) is 13.9 Å². The zero-order valence-corrected chi connectivity index (χ0v) is 14.6. The maximum absolute atomic E-state index is 12.9. The van der Waals surface area contributed by atoms with Crippen LogP contribution in [0, 0.1) is 5.82 Å². The number of furan rings is 1. The summed E-state index contributed by atoms with van der Waals surface area (Å²) in [5, 5.41) is 10.7. The van der Waals surface area contributed by atoms with Crippen LogP contribution in [0.1, 0.15) is 6.92 Å². The molecule has 0 saturated carbocycles. The molecule has 1 N–H and O–H groups in total. The number of ether oxygens (including phenoxy) is 2. The van der Waals surface area contributed by atoms with E-state index in [0.717, 1.165) is 0 Å². The van der Waals surface area contributed by atoms with Gasteiger partial charge in [0.15, 0.2) is 11.9 Å². The molecule has 0 bridgehead atoms. The topological polar surface area (TPSA) is 86.5 Å². The average molecular weight is 371 g/mol. The maximum Gasteiger partial charge on any atom is 0.260 e. The van der Waals surface area contributed by atoms with Crippen LogP contribution in [0.3, 0.4) is 0 Å². The lowest BCUT2D eigenvalue weighted by molar-refractivity contribution is -0.127. The van der Waals surface area contributed by atoms with Crippen molar-refractivity contribution in [2.24, 2.45) is 0 Å². The van der Waals surface area contributed by atoms with Crippen molar-refractivity contribution in [1.29, 1.82) is 0 Å². The second kappa shape index (κ2) is 8.79. The van der Waals surface area contributed by atoms with Gasteiger partial charge in [-0.2, -0.15) is 0 Å². The number of nitrogens with one attached hydrogen (secondary N) is 1. The summed E-state index contributed by atoms with van der Waals surface area (Å²) in [6.45, 7) is 2.11. The fourth-order valence-corrected chi connectivity index (χ4v) is 2.20. The van der Waals surface area contributed by atoms with Gasteiger partial charge in [0.25, 0.3) is 5.91 Å². The highest BCUT2D eigenvalue weighted by Crippen LogP contribution is 2.17. The smallest absolute Gasteiger partial charge is 0.260 e. The summed E-state index contributed by atoms with van der Waals surface area (Å²) >= 11 is 0. The Morgan fingerprint density at radius 2 is 2.00 bits per heavy atom. The summed E-state index contributed by atoms with van der Waals surface area (Å²) in [6.07, 6.45) is 0.841. The predicted molar refractivity (Wildman–Crippen MR) is 94.7 cm³/mol. The van der Waals surface area contributed by atoms with Crippen LogP contribution in [0.25, 0.3) is 11.5 Å². The number of nitrogens with zero attached hydrogens (tertiary/aromatic N) is 2. The van der Waals surface area contributed by atoms with Gasteiger partial charge in [0.05, 0.1) is 12.8 Å². The number of hydrogen-bond donors (Lipinski definition) is 1. The Morgan fingerprint density at radius 1 is 1.19 bits per heavy atom. The molecule has 0 spiro atoms. The normalized spacial score (nSPS) is 11.6. The lowest BCUT2D eigenvalue weighted by Gasteiger charge is -2.14. The first-order chi connectivity index (χ1) is 13.1. The van der Waals surface area contributed by atoms with Crippen LogP contribution in [-0.2, 0) is 4.79 Å². The summed E-state index contributed by atoms with van der Waals surface area (Å²) in [7, 11) is 0. The molecule has 7 nitrogen and oxygen atoms in total. The van der Waals surface area contributed by atoms with Gasteiger partial charge in [-0.05, 0) is 49.4 Å². The lowest BCUT2D eigenvalue weighted by atomic mass is 10.3. The Labute approximate surface area is 155 Å². The number of carbonyl (C=O) groups excluding carboxylic acids is 1. The monoisotopic (exact) mass is 371 g/mol. The Bertz CT molecular complexity index is 852. The first-order valence-corrected chi connectivity index (χ1v) is 8.32. The predicted octanol–water partition coefficient (Wildman–Crippen LogP) is 2.84. The number of hydrogen-bond acceptors (Lipinski definition) is 6.